The van der Waals surface area contributed by atoms with Gasteiger partial charge in [-0.05, 0) is 24.3 Å². The first-order valence-electron chi connectivity index (χ1n) is 8.43. The van der Waals surface area contributed by atoms with Gasteiger partial charge in [0.25, 0.3) is 5.56 Å². The number of aromatic amines is 1. The molecular weight excluding hydrogens is 397 g/mol. The zero-order valence-electron chi connectivity index (χ0n) is 14.4. The van der Waals surface area contributed by atoms with Crippen molar-refractivity contribution in [3.8, 4) is 11.3 Å². The molecule has 1 aliphatic heterocycles. The van der Waals surface area contributed by atoms with Gasteiger partial charge in [0.2, 0.25) is 5.82 Å². The van der Waals surface area contributed by atoms with E-state index in [-0.39, 0.29) is 24.2 Å². The molecule has 3 aromatic rings. The van der Waals surface area contributed by atoms with E-state index in [1.807, 2.05) is 22.0 Å². The number of benzene rings is 1. The summed E-state index contributed by atoms with van der Waals surface area (Å²) >= 11 is 5.87. The molecule has 1 N–H and O–H groups in total. The molecule has 0 unspecified atom stereocenters. The number of hydrogen-bond donors (Lipinski definition) is 1. The van der Waals surface area contributed by atoms with Crippen molar-refractivity contribution < 1.29 is 17.7 Å². The van der Waals surface area contributed by atoms with Crippen LogP contribution in [0.5, 0.6) is 0 Å². The fourth-order valence-corrected chi connectivity index (χ4v) is 3.24. The number of halogens is 4. The van der Waals surface area contributed by atoms with Crippen LogP contribution in [0.2, 0.25) is 5.02 Å². The highest BCUT2D eigenvalue weighted by atomic mass is 35.5. The smallest absolute Gasteiger partial charge is 0.356 e. The van der Waals surface area contributed by atoms with E-state index in [0.717, 1.165) is 5.56 Å². The van der Waals surface area contributed by atoms with E-state index in [4.69, 9.17) is 16.1 Å². The van der Waals surface area contributed by atoms with Gasteiger partial charge in [-0.15, -0.1) is 0 Å². The molecule has 1 aromatic carbocycles. The molecule has 1 aliphatic rings. The lowest BCUT2D eigenvalue weighted by Crippen LogP contribution is -2.36. The van der Waals surface area contributed by atoms with E-state index in [1.54, 1.807) is 18.2 Å². The molecule has 0 saturated heterocycles. The van der Waals surface area contributed by atoms with Crippen LogP contribution >= 0.6 is 11.6 Å². The molecule has 3 heterocycles. The van der Waals surface area contributed by atoms with E-state index in [2.05, 4.69) is 10.1 Å². The molecule has 4 rings (SSSR count). The molecule has 0 fully saturated rings. The minimum Gasteiger partial charge on any atom is -0.356 e. The summed E-state index contributed by atoms with van der Waals surface area (Å²) in [6.45, 7) is 1.06. The van der Waals surface area contributed by atoms with Crippen LogP contribution in [-0.2, 0) is 25.7 Å². The number of fused-ring (bicyclic) bond motifs is 1. The maximum absolute atomic E-state index is 12.8. The van der Waals surface area contributed by atoms with Crippen molar-refractivity contribution in [1.29, 1.82) is 0 Å². The third-order valence-corrected chi connectivity index (χ3v) is 4.74. The molecule has 146 valence electrons. The van der Waals surface area contributed by atoms with Crippen LogP contribution in [0.15, 0.2) is 39.6 Å². The molecule has 6 nitrogen and oxygen atoms in total. The Labute approximate surface area is 161 Å². The highest BCUT2D eigenvalue weighted by Gasteiger charge is 2.36. The first-order chi connectivity index (χ1) is 13.3. The molecule has 0 saturated carbocycles. The van der Waals surface area contributed by atoms with Crippen LogP contribution in [0.3, 0.4) is 0 Å². The summed E-state index contributed by atoms with van der Waals surface area (Å²) in [6.07, 6.45) is -4.42. The normalized spacial score (nSPS) is 14.9. The average molecular weight is 411 g/mol. The van der Waals surface area contributed by atoms with Gasteiger partial charge in [-0.25, -0.2) is 4.98 Å². The topological polar surface area (TPSA) is 75.0 Å². The maximum Gasteiger partial charge on any atom is 0.449 e. The summed E-state index contributed by atoms with van der Waals surface area (Å²) in [7, 11) is 0. The van der Waals surface area contributed by atoms with Gasteiger partial charge in [0.15, 0.2) is 5.76 Å². The molecular formula is C18H14ClF3N4O2. The second-order valence-corrected chi connectivity index (χ2v) is 6.92. The van der Waals surface area contributed by atoms with Crippen LogP contribution in [-0.4, -0.2) is 26.6 Å². The van der Waals surface area contributed by atoms with Crippen molar-refractivity contribution in [1.82, 2.24) is 20.0 Å². The maximum atomic E-state index is 12.8. The van der Waals surface area contributed by atoms with Gasteiger partial charge >= 0.3 is 6.18 Å². The van der Waals surface area contributed by atoms with E-state index in [9.17, 15) is 18.0 Å². The number of rotatable bonds is 3. The van der Waals surface area contributed by atoms with E-state index in [0.29, 0.717) is 29.6 Å². The summed E-state index contributed by atoms with van der Waals surface area (Å²) in [5, 5.41) is 4.65. The van der Waals surface area contributed by atoms with Gasteiger partial charge in [-0.1, -0.05) is 16.8 Å². The molecule has 0 spiro atoms. The van der Waals surface area contributed by atoms with Crippen molar-refractivity contribution in [3.63, 3.8) is 0 Å². The van der Waals surface area contributed by atoms with Crippen molar-refractivity contribution in [2.24, 2.45) is 0 Å². The fourth-order valence-electron chi connectivity index (χ4n) is 3.12. The first-order valence-corrected chi connectivity index (χ1v) is 8.80. The Morgan fingerprint density at radius 3 is 2.71 bits per heavy atom. The quantitative estimate of drug-likeness (QED) is 0.713. The minimum absolute atomic E-state index is 0.189. The molecule has 10 heteroatoms. The lowest BCUT2D eigenvalue weighted by molar-refractivity contribution is -0.145. The number of nitrogens with one attached hydrogen (secondary N) is 1. The highest BCUT2D eigenvalue weighted by molar-refractivity contribution is 6.30. The van der Waals surface area contributed by atoms with Gasteiger partial charge in [0, 0.05) is 42.7 Å². The van der Waals surface area contributed by atoms with Gasteiger partial charge in [0.1, 0.15) is 0 Å². The van der Waals surface area contributed by atoms with Crippen molar-refractivity contribution in [2.45, 2.75) is 25.7 Å². The Morgan fingerprint density at radius 2 is 2.00 bits per heavy atom. The van der Waals surface area contributed by atoms with Gasteiger partial charge in [-0.3, -0.25) is 9.69 Å². The molecule has 0 aliphatic carbocycles. The van der Waals surface area contributed by atoms with Crippen molar-refractivity contribution in [3.05, 3.63) is 68.5 Å². The SMILES string of the molecule is O=c1[nH]c(C(F)(F)F)nc2c1CN(Cc1cc(-c3ccc(Cl)cc3)on1)CC2. The van der Waals surface area contributed by atoms with Gasteiger partial charge in [0.05, 0.1) is 17.0 Å². The minimum atomic E-state index is -4.68. The first kappa shape index (κ1) is 18.7. The van der Waals surface area contributed by atoms with Crippen LogP contribution < -0.4 is 5.56 Å². The molecule has 0 radical (unpaired) electrons. The van der Waals surface area contributed by atoms with Crippen LogP contribution in [0, 0.1) is 0 Å². The zero-order chi connectivity index (χ0) is 19.9. The standard InChI is InChI=1S/C18H14ClF3N4O2/c19-11-3-1-10(2-4-11)15-7-12(25-28-15)8-26-6-5-14-13(9-26)16(27)24-17(23-14)18(20,21)22/h1-4,7H,5-6,8-9H2,(H,23,24,27). The zero-order valence-corrected chi connectivity index (χ0v) is 15.1. The van der Waals surface area contributed by atoms with Gasteiger partial charge < -0.3 is 9.51 Å². The Hall–Kier alpha value is -2.65. The van der Waals surface area contributed by atoms with Crippen LogP contribution in [0.4, 0.5) is 13.2 Å². The predicted molar refractivity (Wildman–Crippen MR) is 94.6 cm³/mol. The summed E-state index contributed by atoms with van der Waals surface area (Å²) in [5.41, 5.74) is 1.16. The Balaban J connectivity index is 1.50. The number of aromatic nitrogens is 3. The van der Waals surface area contributed by atoms with E-state index < -0.39 is 17.6 Å². The van der Waals surface area contributed by atoms with E-state index >= 15 is 0 Å². The molecule has 0 amide bonds. The average Bonchev–Trinajstić information content (AvgIpc) is 3.10. The van der Waals surface area contributed by atoms with Gasteiger partial charge in [-0.2, -0.15) is 13.2 Å². The molecule has 28 heavy (non-hydrogen) atoms. The fraction of sp³-hybridized carbons (Fsp3) is 0.278. The third-order valence-electron chi connectivity index (χ3n) is 4.49. The number of alkyl halides is 3. The lowest BCUT2D eigenvalue weighted by atomic mass is 10.1. The Kier molecular flexibility index (Phi) is 4.72. The molecule has 0 bridgehead atoms. The monoisotopic (exact) mass is 410 g/mol. The Bertz CT molecular complexity index is 1060. The molecule has 0 atom stereocenters. The summed E-state index contributed by atoms with van der Waals surface area (Å²) in [5.74, 6) is -0.674. The summed E-state index contributed by atoms with van der Waals surface area (Å²) in [6, 6.07) is 8.90. The second kappa shape index (κ2) is 7.06. The number of hydrogen-bond acceptors (Lipinski definition) is 5. The summed E-state index contributed by atoms with van der Waals surface area (Å²) < 4.78 is 43.7. The largest absolute Gasteiger partial charge is 0.449 e. The number of H-pyrrole nitrogens is 1. The third kappa shape index (κ3) is 3.81. The summed E-state index contributed by atoms with van der Waals surface area (Å²) in [4.78, 5) is 19.4. The van der Waals surface area contributed by atoms with Crippen LogP contribution in [0.1, 0.15) is 22.8 Å². The predicted octanol–water partition coefficient (Wildman–Crippen LogP) is 3.66. The van der Waals surface area contributed by atoms with Crippen molar-refractivity contribution in [2.75, 3.05) is 6.54 Å². The van der Waals surface area contributed by atoms with Crippen LogP contribution in [0.25, 0.3) is 11.3 Å². The highest BCUT2D eigenvalue weighted by Crippen LogP contribution is 2.27. The lowest BCUT2D eigenvalue weighted by Gasteiger charge is -2.26. The van der Waals surface area contributed by atoms with E-state index in [1.165, 1.54) is 0 Å². The second-order valence-electron chi connectivity index (χ2n) is 6.49. The number of nitrogens with zero attached hydrogens (tertiary/aromatic N) is 3. The molecule has 2 aromatic heterocycles. The van der Waals surface area contributed by atoms with Crippen molar-refractivity contribution >= 4 is 11.6 Å². The Morgan fingerprint density at radius 1 is 1.25 bits per heavy atom.